The molecular formula is C19H13NO4. The lowest BCUT2D eigenvalue weighted by Gasteiger charge is -2.03. The molecule has 0 aliphatic rings. The van der Waals surface area contributed by atoms with Crippen molar-refractivity contribution < 1.29 is 13.9 Å². The summed E-state index contributed by atoms with van der Waals surface area (Å²) in [6.45, 7) is 0. The van der Waals surface area contributed by atoms with E-state index < -0.39 is 5.63 Å². The van der Waals surface area contributed by atoms with Crippen LogP contribution in [0.5, 0.6) is 5.75 Å². The summed E-state index contributed by atoms with van der Waals surface area (Å²) in [5.74, 6) is 0.260. The average Bonchev–Trinajstić information content (AvgIpc) is 3.03. The summed E-state index contributed by atoms with van der Waals surface area (Å²) in [6.07, 6.45) is 1.60. The van der Waals surface area contributed by atoms with Crippen LogP contribution in [0.2, 0.25) is 0 Å². The number of methoxy groups -OCH3 is 1. The molecule has 0 bridgehead atoms. The van der Waals surface area contributed by atoms with Crippen molar-refractivity contribution in [3.05, 3.63) is 76.3 Å². The molecular weight excluding hydrogens is 306 g/mol. The zero-order valence-corrected chi connectivity index (χ0v) is 12.8. The molecule has 4 rings (SSSR count). The van der Waals surface area contributed by atoms with Gasteiger partial charge in [-0.3, -0.25) is 4.79 Å². The average molecular weight is 319 g/mol. The van der Waals surface area contributed by atoms with Crippen molar-refractivity contribution in [3.8, 4) is 5.75 Å². The minimum Gasteiger partial charge on any atom is -0.497 e. The molecule has 0 saturated heterocycles. The number of hydrogen-bond acceptors (Lipinski definition) is 4. The number of fused-ring (bicyclic) bond motifs is 2. The van der Waals surface area contributed by atoms with E-state index in [1.165, 1.54) is 0 Å². The van der Waals surface area contributed by atoms with E-state index in [1.54, 1.807) is 49.7 Å². The van der Waals surface area contributed by atoms with Crippen molar-refractivity contribution in [2.24, 2.45) is 0 Å². The predicted octanol–water partition coefficient (Wildman–Crippen LogP) is 3.51. The van der Waals surface area contributed by atoms with E-state index in [4.69, 9.17) is 9.15 Å². The van der Waals surface area contributed by atoms with E-state index in [9.17, 15) is 9.59 Å². The maximum Gasteiger partial charge on any atom is 0.347 e. The Hall–Kier alpha value is -3.34. The van der Waals surface area contributed by atoms with Gasteiger partial charge in [-0.05, 0) is 30.3 Å². The van der Waals surface area contributed by atoms with Crippen molar-refractivity contribution in [1.29, 1.82) is 0 Å². The van der Waals surface area contributed by atoms with Gasteiger partial charge in [-0.1, -0.05) is 18.2 Å². The van der Waals surface area contributed by atoms with Crippen molar-refractivity contribution in [2.75, 3.05) is 7.11 Å². The van der Waals surface area contributed by atoms with Gasteiger partial charge in [0.1, 0.15) is 16.9 Å². The van der Waals surface area contributed by atoms with Crippen molar-refractivity contribution in [1.82, 2.24) is 4.98 Å². The predicted molar refractivity (Wildman–Crippen MR) is 90.8 cm³/mol. The molecule has 2 aromatic carbocycles. The molecule has 0 aliphatic carbocycles. The molecule has 0 spiro atoms. The zero-order chi connectivity index (χ0) is 16.7. The Kier molecular flexibility index (Phi) is 3.20. The first-order valence-corrected chi connectivity index (χ1v) is 7.40. The molecule has 24 heavy (non-hydrogen) atoms. The summed E-state index contributed by atoms with van der Waals surface area (Å²) >= 11 is 0. The van der Waals surface area contributed by atoms with Gasteiger partial charge in [-0.25, -0.2) is 4.79 Å². The van der Waals surface area contributed by atoms with Gasteiger partial charge in [-0.2, -0.15) is 0 Å². The number of carbonyl (C=O) groups excluding carboxylic acids is 1. The summed E-state index contributed by atoms with van der Waals surface area (Å²) < 4.78 is 10.5. The minimum atomic E-state index is -0.643. The molecule has 0 fully saturated rings. The number of ether oxygens (including phenoxy) is 1. The first-order valence-electron chi connectivity index (χ1n) is 7.40. The zero-order valence-electron chi connectivity index (χ0n) is 12.8. The lowest BCUT2D eigenvalue weighted by atomic mass is 10.0. The number of carbonyl (C=O) groups is 1. The SMILES string of the molecule is COc1ccc2[nH]cc(C(=O)c3cc4ccccc4oc3=O)c2c1. The van der Waals surface area contributed by atoms with E-state index in [0.29, 0.717) is 27.7 Å². The van der Waals surface area contributed by atoms with Crippen molar-refractivity contribution in [2.45, 2.75) is 0 Å². The Morgan fingerprint density at radius 1 is 1.08 bits per heavy atom. The maximum atomic E-state index is 12.9. The second-order valence-corrected chi connectivity index (χ2v) is 5.43. The van der Waals surface area contributed by atoms with Gasteiger partial charge in [0.2, 0.25) is 5.78 Å². The highest BCUT2D eigenvalue weighted by Crippen LogP contribution is 2.25. The topological polar surface area (TPSA) is 72.3 Å². The molecule has 118 valence electrons. The number of benzene rings is 2. The normalized spacial score (nSPS) is 11.0. The number of H-pyrrole nitrogens is 1. The highest BCUT2D eigenvalue weighted by atomic mass is 16.5. The van der Waals surface area contributed by atoms with Crippen LogP contribution in [0.25, 0.3) is 21.9 Å². The number of rotatable bonds is 3. The molecule has 4 aromatic rings. The second kappa shape index (κ2) is 5.38. The van der Waals surface area contributed by atoms with Crippen LogP contribution in [0.1, 0.15) is 15.9 Å². The van der Waals surface area contributed by atoms with Crippen LogP contribution >= 0.6 is 0 Å². The lowest BCUT2D eigenvalue weighted by Crippen LogP contribution is -2.14. The Morgan fingerprint density at radius 3 is 2.75 bits per heavy atom. The van der Waals surface area contributed by atoms with Crippen molar-refractivity contribution in [3.63, 3.8) is 0 Å². The van der Waals surface area contributed by atoms with E-state index in [2.05, 4.69) is 4.98 Å². The first kappa shape index (κ1) is 14.3. The molecule has 0 radical (unpaired) electrons. The molecule has 5 heteroatoms. The summed E-state index contributed by atoms with van der Waals surface area (Å²) in [5.41, 5.74) is 1.03. The monoisotopic (exact) mass is 319 g/mol. The van der Waals surface area contributed by atoms with E-state index >= 15 is 0 Å². The number of ketones is 1. The molecule has 0 saturated carbocycles. The molecule has 2 heterocycles. The van der Waals surface area contributed by atoms with Crippen LogP contribution in [0, 0.1) is 0 Å². The first-order chi connectivity index (χ1) is 11.7. The third kappa shape index (κ3) is 2.18. The molecule has 2 aromatic heterocycles. The number of para-hydroxylation sites is 1. The van der Waals surface area contributed by atoms with Gasteiger partial charge in [0.05, 0.1) is 7.11 Å². The summed E-state index contributed by atoms with van der Waals surface area (Å²) in [6, 6.07) is 14.1. The molecule has 0 amide bonds. The van der Waals surface area contributed by atoms with Gasteiger partial charge >= 0.3 is 5.63 Å². The van der Waals surface area contributed by atoms with Gasteiger partial charge in [0.15, 0.2) is 0 Å². The van der Waals surface area contributed by atoms with Gasteiger partial charge in [-0.15, -0.1) is 0 Å². The highest BCUT2D eigenvalue weighted by Gasteiger charge is 2.19. The minimum absolute atomic E-state index is 0.0115. The molecule has 5 nitrogen and oxygen atoms in total. The van der Waals surface area contributed by atoms with Gasteiger partial charge < -0.3 is 14.1 Å². The smallest absolute Gasteiger partial charge is 0.347 e. The van der Waals surface area contributed by atoms with Gasteiger partial charge in [0.25, 0.3) is 0 Å². The molecule has 0 atom stereocenters. The van der Waals surface area contributed by atoms with Crippen molar-refractivity contribution >= 4 is 27.7 Å². The fourth-order valence-electron chi connectivity index (χ4n) is 2.78. The maximum absolute atomic E-state index is 12.9. The van der Waals surface area contributed by atoms with Crippen LogP contribution < -0.4 is 10.4 Å². The number of aromatic nitrogens is 1. The summed E-state index contributed by atoms with van der Waals surface area (Å²) in [7, 11) is 1.56. The van der Waals surface area contributed by atoms with Crippen LogP contribution in [0.4, 0.5) is 0 Å². The fourth-order valence-corrected chi connectivity index (χ4v) is 2.78. The highest BCUT2D eigenvalue weighted by molar-refractivity contribution is 6.16. The van der Waals surface area contributed by atoms with E-state index in [1.807, 2.05) is 12.1 Å². The number of nitrogens with one attached hydrogen (secondary N) is 1. The van der Waals surface area contributed by atoms with E-state index in [-0.39, 0.29) is 11.3 Å². The third-order valence-electron chi connectivity index (χ3n) is 4.02. The Labute approximate surface area is 136 Å². The largest absolute Gasteiger partial charge is 0.497 e. The summed E-state index contributed by atoms with van der Waals surface area (Å²) in [5, 5.41) is 1.41. The number of hydrogen-bond donors (Lipinski definition) is 1. The third-order valence-corrected chi connectivity index (χ3v) is 4.02. The van der Waals surface area contributed by atoms with E-state index in [0.717, 1.165) is 5.52 Å². The molecule has 1 N–H and O–H groups in total. The Balaban J connectivity index is 1.90. The standard InChI is InChI=1S/C19H13NO4/c1-23-12-6-7-16-13(9-12)15(10-20-16)18(21)14-8-11-4-2-3-5-17(11)24-19(14)22/h2-10,20H,1H3. The Morgan fingerprint density at radius 2 is 1.92 bits per heavy atom. The summed E-state index contributed by atoms with van der Waals surface area (Å²) in [4.78, 5) is 28.1. The molecule has 0 aliphatic heterocycles. The Bertz CT molecular complexity index is 1140. The lowest BCUT2D eigenvalue weighted by molar-refractivity contribution is 0.103. The fraction of sp³-hybridized carbons (Fsp3) is 0.0526. The quantitative estimate of drug-likeness (QED) is 0.463. The molecule has 0 unspecified atom stereocenters. The van der Waals surface area contributed by atoms with Crippen LogP contribution in [-0.2, 0) is 0 Å². The number of aromatic amines is 1. The van der Waals surface area contributed by atoms with Crippen LogP contribution in [-0.4, -0.2) is 17.9 Å². The second-order valence-electron chi connectivity index (χ2n) is 5.43. The van der Waals surface area contributed by atoms with Crippen LogP contribution in [0.3, 0.4) is 0 Å². The van der Waals surface area contributed by atoms with Gasteiger partial charge in [0, 0.05) is 28.0 Å². The van der Waals surface area contributed by atoms with Crippen LogP contribution in [0.15, 0.2) is 63.9 Å².